The van der Waals surface area contributed by atoms with Gasteiger partial charge in [-0.1, -0.05) is 0 Å². The molecule has 0 N–H and O–H groups in total. The van der Waals surface area contributed by atoms with E-state index < -0.39 is 0 Å². The maximum atomic E-state index is 12.3. The van der Waals surface area contributed by atoms with E-state index in [1.807, 2.05) is 13.8 Å². The molecule has 0 aliphatic carbocycles. The molecule has 18 heavy (non-hydrogen) atoms. The molecule has 1 heterocycles. The van der Waals surface area contributed by atoms with Gasteiger partial charge in [-0.05, 0) is 41.9 Å². The number of halogens is 1. The fourth-order valence-electron chi connectivity index (χ4n) is 1.91. The van der Waals surface area contributed by atoms with E-state index in [1.165, 1.54) is 0 Å². The Kier molecular flexibility index (Phi) is 4.11. The third-order valence-corrected chi connectivity index (χ3v) is 3.57. The standard InChI is InChI=1S/C13H16BrNO3/c1-3-15(4-2)13(16)9-7-11-12(8-10(9)14)18-6-5-17-11/h7-8H,3-6H2,1-2H3. The molecule has 0 spiro atoms. The summed E-state index contributed by atoms with van der Waals surface area (Å²) in [5.74, 6) is 1.33. The fraction of sp³-hybridized carbons (Fsp3) is 0.462. The van der Waals surface area contributed by atoms with Gasteiger partial charge < -0.3 is 14.4 Å². The molecule has 5 heteroatoms. The SMILES string of the molecule is CCN(CC)C(=O)c1cc2c(cc1Br)OCCO2. The van der Waals surface area contributed by atoms with E-state index in [-0.39, 0.29) is 5.91 Å². The number of hydrogen-bond acceptors (Lipinski definition) is 3. The van der Waals surface area contributed by atoms with Gasteiger partial charge in [-0.15, -0.1) is 0 Å². The highest BCUT2D eigenvalue weighted by Crippen LogP contribution is 2.35. The van der Waals surface area contributed by atoms with Gasteiger partial charge in [0.2, 0.25) is 0 Å². The molecule has 0 atom stereocenters. The number of ether oxygens (including phenoxy) is 2. The van der Waals surface area contributed by atoms with Crippen LogP contribution in [0.1, 0.15) is 24.2 Å². The van der Waals surface area contributed by atoms with Crippen LogP contribution in [0.4, 0.5) is 0 Å². The highest BCUT2D eigenvalue weighted by Gasteiger charge is 2.21. The third kappa shape index (κ3) is 2.46. The number of carbonyl (C=O) groups excluding carboxylic acids is 1. The van der Waals surface area contributed by atoms with Gasteiger partial charge in [-0.25, -0.2) is 0 Å². The lowest BCUT2D eigenvalue weighted by molar-refractivity contribution is 0.0771. The van der Waals surface area contributed by atoms with Crippen LogP contribution in [0.3, 0.4) is 0 Å². The summed E-state index contributed by atoms with van der Waals surface area (Å²) in [5, 5.41) is 0. The smallest absolute Gasteiger partial charge is 0.255 e. The minimum Gasteiger partial charge on any atom is -0.486 e. The first kappa shape index (κ1) is 13.2. The van der Waals surface area contributed by atoms with Gasteiger partial charge in [0.15, 0.2) is 11.5 Å². The average molecular weight is 314 g/mol. The number of rotatable bonds is 3. The Bertz CT molecular complexity index is 458. The zero-order valence-electron chi connectivity index (χ0n) is 10.5. The molecular weight excluding hydrogens is 298 g/mol. The first-order valence-corrected chi connectivity index (χ1v) is 6.85. The summed E-state index contributed by atoms with van der Waals surface area (Å²) in [7, 11) is 0. The highest BCUT2D eigenvalue weighted by molar-refractivity contribution is 9.10. The maximum absolute atomic E-state index is 12.3. The third-order valence-electron chi connectivity index (χ3n) is 2.91. The molecule has 1 amide bonds. The van der Waals surface area contributed by atoms with Crippen molar-refractivity contribution >= 4 is 21.8 Å². The van der Waals surface area contributed by atoms with Crippen molar-refractivity contribution in [3.63, 3.8) is 0 Å². The summed E-state index contributed by atoms with van der Waals surface area (Å²) in [6, 6.07) is 3.55. The Hall–Kier alpha value is -1.23. The lowest BCUT2D eigenvalue weighted by atomic mass is 10.1. The van der Waals surface area contributed by atoms with Crippen LogP contribution in [0.15, 0.2) is 16.6 Å². The number of carbonyl (C=O) groups is 1. The quantitative estimate of drug-likeness (QED) is 0.861. The minimum atomic E-state index is 0.00356. The van der Waals surface area contributed by atoms with Gasteiger partial charge in [0, 0.05) is 17.6 Å². The van der Waals surface area contributed by atoms with Gasteiger partial charge in [0.05, 0.1) is 5.56 Å². The van der Waals surface area contributed by atoms with Crippen molar-refractivity contribution in [1.29, 1.82) is 0 Å². The zero-order valence-corrected chi connectivity index (χ0v) is 12.1. The molecule has 0 fully saturated rings. The summed E-state index contributed by atoms with van der Waals surface area (Å²) in [6.07, 6.45) is 0. The molecular formula is C13H16BrNO3. The number of fused-ring (bicyclic) bond motifs is 1. The van der Waals surface area contributed by atoms with Crippen molar-refractivity contribution in [2.45, 2.75) is 13.8 Å². The van der Waals surface area contributed by atoms with Gasteiger partial charge >= 0.3 is 0 Å². The molecule has 98 valence electrons. The Morgan fingerprint density at radius 1 is 1.22 bits per heavy atom. The molecule has 0 radical (unpaired) electrons. The predicted octanol–water partition coefficient (Wildman–Crippen LogP) is 2.70. The number of amides is 1. The Morgan fingerprint density at radius 3 is 2.33 bits per heavy atom. The van der Waals surface area contributed by atoms with E-state index in [4.69, 9.17) is 9.47 Å². The van der Waals surface area contributed by atoms with E-state index in [0.717, 1.165) is 4.47 Å². The molecule has 1 aromatic rings. The van der Waals surface area contributed by atoms with Crippen molar-refractivity contribution in [2.75, 3.05) is 26.3 Å². The molecule has 1 aromatic carbocycles. The van der Waals surface area contributed by atoms with Crippen molar-refractivity contribution in [3.05, 3.63) is 22.2 Å². The summed E-state index contributed by atoms with van der Waals surface area (Å²) in [4.78, 5) is 14.1. The van der Waals surface area contributed by atoms with Crippen LogP contribution in [-0.2, 0) is 0 Å². The van der Waals surface area contributed by atoms with Crippen LogP contribution in [0.2, 0.25) is 0 Å². The Labute approximate surface area is 115 Å². The van der Waals surface area contributed by atoms with Crippen LogP contribution in [0.5, 0.6) is 11.5 Å². The van der Waals surface area contributed by atoms with Crippen LogP contribution in [0, 0.1) is 0 Å². The van der Waals surface area contributed by atoms with Crippen LogP contribution in [-0.4, -0.2) is 37.1 Å². The van der Waals surface area contributed by atoms with E-state index in [2.05, 4.69) is 15.9 Å². The van der Waals surface area contributed by atoms with E-state index in [0.29, 0.717) is 43.4 Å². The van der Waals surface area contributed by atoms with Crippen molar-refractivity contribution in [1.82, 2.24) is 4.90 Å². The van der Waals surface area contributed by atoms with Gasteiger partial charge in [0.25, 0.3) is 5.91 Å². The fourth-order valence-corrected chi connectivity index (χ4v) is 2.40. The topological polar surface area (TPSA) is 38.8 Å². The Balaban J connectivity index is 2.36. The molecule has 0 bridgehead atoms. The van der Waals surface area contributed by atoms with Crippen LogP contribution < -0.4 is 9.47 Å². The second-order valence-electron chi connectivity index (χ2n) is 3.95. The van der Waals surface area contributed by atoms with Crippen LogP contribution >= 0.6 is 15.9 Å². The van der Waals surface area contributed by atoms with Crippen LogP contribution in [0.25, 0.3) is 0 Å². The zero-order chi connectivity index (χ0) is 13.1. The van der Waals surface area contributed by atoms with Crippen molar-refractivity contribution in [2.24, 2.45) is 0 Å². The summed E-state index contributed by atoms with van der Waals surface area (Å²) < 4.78 is 11.7. The lowest BCUT2D eigenvalue weighted by Crippen LogP contribution is -2.30. The lowest BCUT2D eigenvalue weighted by Gasteiger charge is -2.22. The Morgan fingerprint density at radius 2 is 1.78 bits per heavy atom. The molecule has 0 aromatic heterocycles. The minimum absolute atomic E-state index is 0.00356. The summed E-state index contributed by atoms with van der Waals surface area (Å²) in [5.41, 5.74) is 0.614. The van der Waals surface area contributed by atoms with Gasteiger partial charge in [-0.3, -0.25) is 4.79 Å². The summed E-state index contributed by atoms with van der Waals surface area (Å²) in [6.45, 7) is 6.38. The van der Waals surface area contributed by atoms with Gasteiger partial charge in [-0.2, -0.15) is 0 Å². The normalized spacial score (nSPS) is 13.3. The second kappa shape index (κ2) is 5.61. The molecule has 1 aliphatic heterocycles. The van der Waals surface area contributed by atoms with Crippen molar-refractivity contribution < 1.29 is 14.3 Å². The summed E-state index contributed by atoms with van der Waals surface area (Å²) >= 11 is 3.42. The molecule has 0 saturated heterocycles. The largest absolute Gasteiger partial charge is 0.486 e. The average Bonchev–Trinajstić information content (AvgIpc) is 2.39. The molecule has 2 rings (SSSR count). The molecule has 4 nitrogen and oxygen atoms in total. The molecule has 0 saturated carbocycles. The number of nitrogens with zero attached hydrogens (tertiary/aromatic N) is 1. The first-order valence-electron chi connectivity index (χ1n) is 6.05. The second-order valence-corrected chi connectivity index (χ2v) is 4.81. The maximum Gasteiger partial charge on any atom is 0.255 e. The molecule has 0 unspecified atom stereocenters. The van der Waals surface area contributed by atoms with E-state index in [9.17, 15) is 4.79 Å². The van der Waals surface area contributed by atoms with E-state index in [1.54, 1.807) is 17.0 Å². The first-order chi connectivity index (χ1) is 8.67. The van der Waals surface area contributed by atoms with Crippen molar-refractivity contribution in [3.8, 4) is 11.5 Å². The van der Waals surface area contributed by atoms with Gasteiger partial charge in [0.1, 0.15) is 13.2 Å². The molecule has 1 aliphatic rings. The number of benzene rings is 1. The monoisotopic (exact) mass is 313 g/mol. The highest BCUT2D eigenvalue weighted by atomic mass is 79.9. The van der Waals surface area contributed by atoms with E-state index >= 15 is 0 Å². The number of hydrogen-bond donors (Lipinski definition) is 0. The predicted molar refractivity (Wildman–Crippen MR) is 72.4 cm³/mol.